The zero-order chi connectivity index (χ0) is 14.9. The lowest BCUT2D eigenvalue weighted by molar-refractivity contribution is -0.137. The van der Waals surface area contributed by atoms with Crippen LogP contribution in [0, 0.1) is 5.82 Å². The van der Waals surface area contributed by atoms with Crippen molar-refractivity contribution < 1.29 is 17.6 Å². The van der Waals surface area contributed by atoms with Crippen molar-refractivity contribution in [3.05, 3.63) is 50.9 Å². The fraction of sp³-hybridized carbons (Fsp3) is 0.231. The number of halogens is 5. The molecule has 1 N–H and O–H groups in total. The third-order valence-corrected chi connectivity index (χ3v) is 3.86. The normalized spacial score (nSPS) is 13.3. The summed E-state index contributed by atoms with van der Waals surface area (Å²) in [5.41, 5.74) is -0.289. The molecule has 0 aliphatic heterocycles. The highest BCUT2D eigenvalue weighted by atomic mass is 35.5. The summed E-state index contributed by atoms with van der Waals surface area (Å²) in [6.45, 7) is 1.72. The first kappa shape index (κ1) is 15.1. The lowest BCUT2D eigenvalue weighted by Crippen LogP contribution is -2.10. The first-order valence-electron chi connectivity index (χ1n) is 5.64. The van der Waals surface area contributed by atoms with Gasteiger partial charge in [-0.05, 0) is 42.1 Å². The van der Waals surface area contributed by atoms with Gasteiger partial charge in [0.15, 0.2) is 0 Å². The van der Waals surface area contributed by atoms with Crippen molar-refractivity contribution >= 4 is 28.6 Å². The van der Waals surface area contributed by atoms with Crippen molar-refractivity contribution in [2.45, 2.75) is 19.1 Å². The molecule has 0 fully saturated rings. The summed E-state index contributed by atoms with van der Waals surface area (Å²) in [6, 6.07) is 3.62. The third-order valence-electron chi connectivity index (χ3n) is 2.75. The first-order valence-corrected chi connectivity index (χ1v) is 6.90. The van der Waals surface area contributed by atoms with Crippen molar-refractivity contribution in [1.29, 1.82) is 0 Å². The Morgan fingerprint density at radius 2 is 1.95 bits per heavy atom. The molecule has 2 aromatic rings. The minimum atomic E-state index is -4.50. The Morgan fingerprint density at radius 1 is 1.25 bits per heavy atom. The molecule has 0 saturated carbocycles. The Morgan fingerprint density at radius 3 is 2.50 bits per heavy atom. The molecule has 1 unspecified atom stereocenters. The quantitative estimate of drug-likeness (QED) is 0.711. The molecule has 0 amide bonds. The second kappa shape index (κ2) is 5.61. The number of hydrogen-bond acceptors (Lipinski definition) is 2. The Kier molecular flexibility index (Phi) is 4.25. The average Bonchev–Trinajstić information content (AvgIpc) is 2.77. The Balaban J connectivity index is 2.24. The minimum absolute atomic E-state index is 0.186. The van der Waals surface area contributed by atoms with E-state index in [1.165, 1.54) is 11.3 Å². The molecule has 1 atom stereocenters. The Hall–Kier alpha value is -1.27. The molecule has 0 saturated heterocycles. The van der Waals surface area contributed by atoms with Crippen LogP contribution in [-0.2, 0) is 6.18 Å². The van der Waals surface area contributed by atoms with E-state index >= 15 is 0 Å². The maximum Gasteiger partial charge on any atom is 0.416 e. The molecule has 7 heteroatoms. The molecular weight excluding hydrogens is 314 g/mol. The topological polar surface area (TPSA) is 12.0 Å². The van der Waals surface area contributed by atoms with Gasteiger partial charge < -0.3 is 5.32 Å². The maximum atomic E-state index is 13.6. The SMILES string of the molecule is CC(Nc1cc(C(F)(F)F)ccc1F)c1csc(Cl)c1. The molecular formula is C13H10ClF4NS. The smallest absolute Gasteiger partial charge is 0.376 e. The summed E-state index contributed by atoms with van der Waals surface area (Å²) >= 11 is 7.10. The molecule has 1 aromatic heterocycles. The van der Waals surface area contributed by atoms with Gasteiger partial charge in [0.05, 0.1) is 15.6 Å². The monoisotopic (exact) mass is 323 g/mol. The molecule has 0 bridgehead atoms. The Labute approximate surface area is 122 Å². The van der Waals surface area contributed by atoms with Gasteiger partial charge in [0.2, 0.25) is 0 Å². The highest BCUT2D eigenvalue weighted by Crippen LogP contribution is 2.33. The van der Waals surface area contributed by atoms with Gasteiger partial charge in [-0.1, -0.05) is 11.6 Å². The van der Waals surface area contributed by atoms with Gasteiger partial charge in [-0.2, -0.15) is 13.2 Å². The van der Waals surface area contributed by atoms with E-state index in [4.69, 9.17) is 11.6 Å². The fourth-order valence-electron chi connectivity index (χ4n) is 1.68. The van der Waals surface area contributed by atoms with Gasteiger partial charge in [-0.25, -0.2) is 4.39 Å². The summed E-state index contributed by atoms with van der Waals surface area (Å²) in [5.74, 6) is -0.730. The molecule has 2 rings (SSSR count). The summed E-state index contributed by atoms with van der Waals surface area (Å²) in [4.78, 5) is 0. The molecule has 0 radical (unpaired) electrons. The van der Waals surface area contributed by atoms with Crippen LogP contribution in [0.3, 0.4) is 0 Å². The van der Waals surface area contributed by atoms with Gasteiger partial charge in [-0.15, -0.1) is 11.3 Å². The number of thiophene rings is 1. The molecule has 20 heavy (non-hydrogen) atoms. The van der Waals surface area contributed by atoms with Crippen LogP contribution in [0.5, 0.6) is 0 Å². The van der Waals surface area contributed by atoms with Crippen LogP contribution in [0.25, 0.3) is 0 Å². The summed E-state index contributed by atoms with van der Waals surface area (Å²) in [6.07, 6.45) is -4.50. The van der Waals surface area contributed by atoms with Crippen LogP contribution < -0.4 is 5.32 Å². The number of benzene rings is 1. The zero-order valence-electron chi connectivity index (χ0n) is 10.3. The van der Waals surface area contributed by atoms with Crippen LogP contribution in [0.15, 0.2) is 29.6 Å². The van der Waals surface area contributed by atoms with Crippen LogP contribution in [0.1, 0.15) is 24.1 Å². The van der Waals surface area contributed by atoms with E-state index in [0.29, 0.717) is 10.4 Å². The highest BCUT2D eigenvalue weighted by molar-refractivity contribution is 7.14. The number of nitrogens with one attached hydrogen (secondary N) is 1. The predicted octanol–water partition coefficient (Wildman–Crippen LogP) is 5.73. The second-order valence-electron chi connectivity index (χ2n) is 4.24. The molecule has 0 aliphatic rings. The summed E-state index contributed by atoms with van der Waals surface area (Å²) in [7, 11) is 0. The number of hydrogen-bond donors (Lipinski definition) is 1. The van der Waals surface area contributed by atoms with Crippen molar-refractivity contribution in [3.63, 3.8) is 0 Å². The standard InChI is InChI=1S/C13H10ClF4NS/c1-7(8-4-12(14)20-6-8)19-11-5-9(13(16,17)18)2-3-10(11)15/h2-7,19H,1H3. The van der Waals surface area contributed by atoms with E-state index in [-0.39, 0.29) is 11.7 Å². The number of rotatable bonds is 3. The van der Waals surface area contributed by atoms with E-state index in [1.54, 1.807) is 18.4 Å². The van der Waals surface area contributed by atoms with Gasteiger partial charge in [0, 0.05) is 6.04 Å². The Bertz CT molecular complexity index is 609. The number of alkyl halides is 3. The van der Waals surface area contributed by atoms with Crippen molar-refractivity contribution in [2.75, 3.05) is 5.32 Å². The van der Waals surface area contributed by atoms with E-state index in [9.17, 15) is 17.6 Å². The third kappa shape index (κ3) is 3.43. The van der Waals surface area contributed by atoms with Crippen LogP contribution >= 0.6 is 22.9 Å². The molecule has 0 aliphatic carbocycles. The summed E-state index contributed by atoms with van der Waals surface area (Å²) < 4.78 is 51.9. The average molecular weight is 324 g/mol. The van der Waals surface area contributed by atoms with Crippen molar-refractivity contribution in [2.24, 2.45) is 0 Å². The van der Waals surface area contributed by atoms with E-state index in [0.717, 1.165) is 17.7 Å². The van der Waals surface area contributed by atoms with Crippen LogP contribution in [-0.4, -0.2) is 0 Å². The van der Waals surface area contributed by atoms with Crippen molar-refractivity contribution in [1.82, 2.24) is 0 Å². The van der Waals surface area contributed by atoms with Gasteiger partial charge >= 0.3 is 6.18 Å². The molecule has 1 nitrogen and oxygen atoms in total. The molecule has 0 spiro atoms. The lowest BCUT2D eigenvalue weighted by atomic mass is 10.1. The van der Waals surface area contributed by atoms with E-state index in [1.807, 2.05) is 0 Å². The van der Waals surface area contributed by atoms with Gasteiger partial charge in [0.25, 0.3) is 0 Å². The predicted molar refractivity (Wildman–Crippen MR) is 72.8 cm³/mol. The largest absolute Gasteiger partial charge is 0.416 e. The lowest BCUT2D eigenvalue weighted by Gasteiger charge is -2.16. The van der Waals surface area contributed by atoms with Crippen LogP contribution in [0.2, 0.25) is 4.34 Å². The van der Waals surface area contributed by atoms with E-state index in [2.05, 4.69) is 5.32 Å². The zero-order valence-corrected chi connectivity index (χ0v) is 11.8. The van der Waals surface area contributed by atoms with Gasteiger partial charge in [-0.3, -0.25) is 0 Å². The molecule has 1 aromatic carbocycles. The first-order chi connectivity index (χ1) is 9.27. The minimum Gasteiger partial charge on any atom is -0.376 e. The van der Waals surface area contributed by atoms with Crippen LogP contribution in [0.4, 0.5) is 23.2 Å². The fourth-order valence-corrected chi connectivity index (χ4v) is 2.66. The van der Waals surface area contributed by atoms with E-state index < -0.39 is 17.6 Å². The molecule has 108 valence electrons. The van der Waals surface area contributed by atoms with Crippen molar-refractivity contribution in [3.8, 4) is 0 Å². The maximum absolute atomic E-state index is 13.6. The highest BCUT2D eigenvalue weighted by Gasteiger charge is 2.31. The van der Waals surface area contributed by atoms with Gasteiger partial charge in [0.1, 0.15) is 5.82 Å². The second-order valence-corrected chi connectivity index (χ2v) is 5.79. The number of anilines is 1. The molecule has 1 heterocycles. The summed E-state index contributed by atoms with van der Waals surface area (Å²) in [5, 5.41) is 4.49.